The van der Waals surface area contributed by atoms with Gasteiger partial charge in [-0.1, -0.05) is 12.1 Å². The first-order chi connectivity index (χ1) is 8.49. The van der Waals surface area contributed by atoms with Crippen molar-refractivity contribution in [1.82, 2.24) is 4.98 Å². The van der Waals surface area contributed by atoms with Gasteiger partial charge >= 0.3 is 6.36 Å². The Labute approximate surface area is 112 Å². The zero-order chi connectivity index (χ0) is 13.2. The molecule has 0 atom stereocenters. The number of oxazole rings is 1. The number of nitrogens with two attached hydrogens (primary N) is 1. The van der Waals surface area contributed by atoms with E-state index < -0.39 is 6.36 Å². The van der Waals surface area contributed by atoms with Crippen molar-refractivity contribution >= 4 is 12.4 Å². The van der Waals surface area contributed by atoms with Crippen molar-refractivity contribution in [2.75, 3.05) is 0 Å². The molecule has 104 valence electrons. The van der Waals surface area contributed by atoms with Crippen molar-refractivity contribution in [3.05, 3.63) is 36.2 Å². The third kappa shape index (κ3) is 3.87. The number of halogens is 4. The van der Waals surface area contributed by atoms with E-state index in [9.17, 15) is 13.2 Å². The van der Waals surface area contributed by atoms with E-state index in [4.69, 9.17) is 10.2 Å². The van der Waals surface area contributed by atoms with Crippen LogP contribution in [0.3, 0.4) is 0 Å². The molecule has 0 saturated heterocycles. The standard InChI is InChI=1S/C11H9F3N2O2.ClH/c12-11(13,14)18-9-4-2-1-3-8(9)10-16-7(5-15)6-17-10;/h1-4,6H,5,15H2;1H. The Hall–Kier alpha value is -1.73. The Bertz CT molecular complexity index is 543. The molecule has 0 bridgehead atoms. The molecule has 0 fully saturated rings. The molecule has 1 aromatic heterocycles. The first-order valence-corrected chi connectivity index (χ1v) is 4.99. The fourth-order valence-corrected chi connectivity index (χ4v) is 1.38. The van der Waals surface area contributed by atoms with Gasteiger partial charge in [-0.25, -0.2) is 4.98 Å². The lowest BCUT2D eigenvalue weighted by Gasteiger charge is -2.11. The highest BCUT2D eigenvalue weighted by atomic mass is 35.5. The maximum absolute atomic E-state index is 12.2. The first kappa shape index (κ1) is 15.3. The lowest BCUT2D eigenvalue weighted by atomic mass is 10.2. The number of para-hydroxylation sites is 1. The van der Waals surface area contributed by atoms with Crippen LogP contribution in [0.2, 0.25) is 0 Å². The molecule has 0 unspecified atom stereocenters. The summed E-state index contributed by atoms with van der Waals surface area (Å²) in [5.74, 6) is -0.328. The van der Waals surface area contributed by atoms with Crippen molar-refractivity contribution in [2.45, 2.75) is 12.9 Å². The van der Waals surface area contributed by atoms with E-state index in [1.807, 2.05) is 0 Å². The van der Waals surface area contributed by atoms with Crippen LogP contribution in [0, 0.1) is 0 Å². The summed E-state index contributed by atoms with van der Waals surface area (Å²) < 4.78 is 45.6. The summed E-state index contributed by atoms with van der Waals surface area (Å²) in [6, 6.07) is 5.60. The lowest BCUT2D eigenvalue weighted by Crippen LogP contribution is -2.17. The van der Waals surface area contributed by atoms with Crippen LogP contribution in [0.1, 0.15) is 5.69 Å². The zero-order valence-corrected chi connectivity index (χ0v) is 10.3. The summed E-state index contributed by atoms with van der Waals surface area (Å²) in [7, 11) is 0. The molecule has 0 radical (unpaired) electrons. The van der Waals surface area contributed by atoms with E-state index in [0.717, 1.165) is 0 Å². The number of nitrogens with zero attached hydrogens (tertiary/aromatic N) is 1. The van der Waals surface area contributed by atoms with Crippen LogP contribution in [0.5, 0.6) is 5.75 Å². The molecule has 0 saturated carbocycles. The molecular formula is C11H10ClF3N2O2. The number of alkyl halides is 3. The molecule has 1 aromatic carbocycles. The van der Waals surface area contributed by atoms with Gasteiger partial charge in [0.25, 0.3) is 0 Å². The summed E-state index contributed by atoms with van der Waals surface area (Å²) in [5.41, 5.74) is 5.92. The highest BCUT2D eigenvalue weighted by Gasteiger charge is 2.32. The van der Waals surface area contributed by atoms with E-state index >= 15 is 0 Å². The van der Waals surface area contributed by atoms with Gasteiger partial charge < -0.3 is 14.9 Å². The third-order valence-electron chi connectivity index (χ3n) is 2.10. The molecule has 0 aliphatic heterocycles. The highest BCUT2D eigenvalue weighted by molar-refractivity contribution is 5.85. The molecule has 1 heterocycles. The lowest BCUT2D eigenvalue weighted by molar-refractivity contribution is -0.274. The average molecular weight is 295 g/mol. The molecule has 2 rings (SSSR count). The van der Waals surface area contributed by atoms with Crippen LogP contribution in [0.25, 0.3) is 11.5 Å². The van der Waals surface area contributed by atoms with Gasteiger partial charge in [0, 0.05) is 6.54 Å². The second-order valence-electron chi connectivity index (χ2n) is 3.39. The van der Waals surface area contributed by atoms with Crippen molar-refractivity contribution in [3.8, 4) is 17.2 Å². The Morgan fingerprint density at radius 2 is 1.95 bits per heavy atom. The molecule has 4 nitrogen and oxygen atoms in total. The van der Waals surface area contributed by atoms with Gasteiger partial charge in [-0.3, -0.25) is 0 Å². The normalized spacial score (nSPS) is 10.9. The van der Waals surface area contributed by atoms with E-state index in [2.05, 4.69) is 9.72 Å². The number of benzene rings is 1. The van der Waals surface area contributed by atoms with Gasteiger partial charge in [0.2, 0.25) is 5.89 Å². The molecular weight excluding hydrogens is 285 g/mol. The maximum atomic E-state index is 12.2. The maximum Gasteiger partial charge on any atom is 0.573 e. The van der Waals surface area contributed by atoms with Gasteiger partial charge in [-0.05, 0) is 12.1 Å². The van der Waals surface area contributed by atoms with E-state index in [1.54, 1.807) is 6.07 Å². The topological polar surface area (TPSA) is 61.3 Å². The number of hydrogen-bond acceptors (Lipinski definition) is 4. The monoisotopic (exact) mass is 294 g/mol. The fraction of sp³-hybridized carbons (Fsp3) is 0.182. The summed E-state index contributed by atoms with van der Waals surface area (Å²) in [6.07, 6.45) is -3.47. The molecule has 0 aliphatic rings. The molecule has 2 N–H and O–H groups in total. The van der Waals surface area contributed by atoms with Crippen molar-refractivity contribution in [2.24, 2.45) is 5.73 Å². The molecule has 0 spiro atoms. The second kappa shape index (κ2) is 5.94. The first-order valence-electron chi connectivity index (χ1n) is 4.99. The predicted octanol–water partition coefficient (Wildman–Crippen LogP) is 3.12. The number of ether oxygens (including phenoxy) is 1. The molecule has 0 aliphatic carbocycles. The van der Waals surface area contributed by atoms with E-state index in [-0.39, 0.29) is 36.2 Å². The van der Waals surface area contributed by atoms with Crippen LogP contribution in [-0.4, -0.2) is 11.3 Å². The second-order valence-corrected chi connectivity index (χ2v) is 3.39. The number of rotatable bonds is 3. The molecule has 19 heavy (non-hydrogen) atoms. The quantitative estimate of drug-likeness (QED) is 0.945. The van der Waals surface area contributed by atoms with Crippen molar-refractivity contribution < 1.29 is 22.3 Å². The van der Waals surface area contributed by atoms with Crippen molar-refractivity contribution in [1.29, 1.82) is 0 Å². The fourth-order valence-electron chi connectivity index (χ4n) is 1.38. The average Bonchev–Trinajstić information content (AvgIpc) is 2.76. The van der Waals surface area contributed by atoms with Crippen LogP contribution in [0.4, 0.5) is 13.2 Å². The van der Waals surface area contributed by atoms with Gasteiger partial charge in [0.05, 0.1) is 11.3 Å². The number of aromatic nitrogens is 1. The summed E-state index contributed by atoms with van der Waals surface area (Å²) in [5, 5.41) is 0. The molecule has 0 amide bonds. The SMILES string of the molecule is Cl.NCc1coc(-c2ccccc2OC(F)(F)F)n1. The van der Waals surface area contributed by atoms with Gasteiger partial charge in [-0.15, -0.1) is 25.6 Å². The van der Waals surface area contributed by atoms with Gasteiger partial charge in [0.15, 0.2) is 0 Å². The number of hydrogen-bond donors (Lipinski definition) is 1. The molecule has 2 aromatic rings. The Morgan fingerprint density at radius 3 is 2.53 bits per heavy atom. The van der Waals surface area contributed by atoms with Crippen LogP contribution >= 0.6 is 12.4 Å². The Morgan fingerprint density at radius 1 is 1.26 bits per heavy atom. The summed E-state index contributed by atoms with van der Waals surface area (Å²) in [6.45, 7) is 0.145. The van der Waals surface area contributed by atoms with Crippen LogP contribution < -0.4 is 10.5 Å². The Kier molecular flexibility index (Phi) is 4.79. The zero-order valence-electron chi connectivity index (χ0n) is 9.48. The minimum Gasteiger partial charge on any atom is -0.444 e. The Balaban J connectivity index is 0.00000180. The van der Waals surface area contributed by atoms with E-state index in [0.29, 0.717) is 5.69 Å². The van der Waals surface area contributed by atoms with Gasteiger partial charge in [-0.2, -0.15) is 0 Å². The highest BCUT2D eigenvalue weighted by Crippen LogP contribution is 2.32. The summed E-state index contributed by atoms with van der Waals surface area (Å²) >= 11 is 0. The largest absolute Gasteiger partial charge is 0.573 e. The molecule has 8 heteroatoms. The van der Waals surface area contributed by atoms with Crippen LogP contribution in [-0.2, 0) is 6.54 Å². The predicted molar refractivity (Wildman–Crippen MR) is 63.8 cm³/mol. The van der Waals surface area contributed by atoms with Crippen LogP contribution in [0.15, 0.2) is 34.9 Å². The van der Waals surface area contributed by atoms with Gasteiger partial charge in [0.1, 0.15) is 12.0 Å². The van der Waals surface area contributed by atoms with E-state index in [1.165, 1.54) is 24.5 Å². The smallest absolute Gasteiger partial charge is 0.444 e. The third-order valence-corrected chi connectivity index (χ3v) is 2.10. The van der Waals surface area contributed by atoms with Crippen molar-refractivity contribution in [3.63, 3.8) is 0 Å². The minimum atomic E-state index is -4.76. The minimum absolute atomic E-state index is 0. The summed E-state index contributed by atoms with van der Waals surface area (Å²) in [4.78, 5) is 3.95.